The van der Waals surface area contributed by atoms with Crippen molar-refractivity contribution in [2.24, 2.45) is 0 Å². The summed E-state index contributed by atoms with van der Waals surface area (Å²) < 4.78 is 12.9. The molecule has 0 saturated heterocycles. The van der Waals surface area contributed by atoms with Crippen LogP contribution in [-0.2, 0) is 16.0 Å². The molecule has 0 aliphatic rings. The Balaban J connectivity index is 2.06. The number of ether oxygens (including phenoxy) is 1. The number of benzene rings is 1. The lowest BCUT2D eigenvalue weighted by Gasteiger charge is -2.16. The third-order valence-electron chi connectivity index (χ3n) is 4.19. The van der Waals surface area contributed by atoms with E-state index in [2.05, 4.69) is 17.1 Å². The summed E-state index contributed by atoms with van der Waals surface area (Å²) in [6, 6.07) is 9.38. The average molecular weight is 341 g/mol. The third kappa shape index (κ3) is 3.43. The van der Waals surface area contributed by atoms with E-state index < -0.39 is 6.04 Å². The largest absolute Gasteiger partial charge is 0.464 e. The van der Waals surface area contributed by atoms with Crippen LogP contribution in [0.2, 0.25) is 0 Å². The summed E-state index contributed by atoms with van der Waals surface area (Å²) in [7, 11) is 0. The van der Waals surface area contributed by atoms with Gasteiger partial charge in [-0.3, -0.25) is 0 Å². The van der Waals surface area contributed by atoms with Crippen LogP contribution in [0.25, 0.3) is 22.5 Å². The SMILES string of the molecule is CCCCc1nnc(-c2cc3ccccc3n2C(C)C(=O)OCC)o1. The van der Waals surface area contributed by atoms with Crippen molar-refractivity contribution >= 4 is 16.9 Å². The molecule has 0 saturated carbocycles. The number of aryl methyl sites for hydroxylation is 1. The zero-order valence-corrected chi connectivity index (χ0v) is 14.9. The van der Waals surface area contributed by atoms with Gasteiger partial charge in [-0.1, -0.05) is 31.5 Å². The first-order chi connectivity index (χ1) is 12.2. The molecule has 3 aromatic rings. The van der Waals surface area contributed by atoms with Crippen molar-refractivity contribution in [3.8, 4) is 11.6 Å². The number of esters is 1. The summed E-state index contributed by atoms with van der Waals surface area (Å²) in [5.41, 5.74) is 1.67. The molecule has 0 aliphatic carbocycles. The average Bonchev–Trinajstić information content (AvgIpc) is 3.23. The van der Waals surface area contributed by atoms with Crippen LogP contribution >= 0.6 is 0 Å². The molecule has 2 heterocycles. The fourth-order valence-electron chi connectivity index (χ4n) is 2.91. The van der Waals surface area contributed by atoms with Gasteiger partial charge >= 0.3 is 5.97 Å². The Morgan fingerprint density at radius 2 is 2.08 bits per heavy atom. The molecule has 6 heteroatoms. The molecule has 6 nitrogen and oxygen atoms in total. The molecule has 25 heavy (non-hydrogen) atoms. The van der Waals surface area contributed by atoms with E-state index in [4.69, 9.17) is 9.15 Å². The van der Waals surface area contributed by atoms with E-state index in [1.54, 1.807) is 6.92 Å². The first-order valence-electron chi connectivity index (χ1n) is 8.75. The Morgan fingerprint density at radius 1 is 1.28 bits per heavy atom. The minimum Gasteiger partial charge on any atom is -0.464 e. The second-order valence-corrected chi connectivity index (χ2v) is 5.99. The monoisotopic (exact) mass is 341 g/mol. The van der Waals surface area contributed by atoms with Gasteiger partial charge in [-0.2, -0.15) is 0 Å². The van der Waals surface area contributed by atoms with Gasteiger partial charge in [-0.05, 0) is 32.4 Å². The Kier molecular flexibility index (Phi) is 5.16. The first kappa shape index (κ1) is 17.2. The molecule has 1 unspecified atom stereocenters. The fourth-order valence-corrected chi connectivity index (χ4v) is 2.91. The number of aromatic nitrogens is 3. The molecular formula is C19H23N3O3. The van der Waals surface area contributed by atoms with Crippen molar-refractivity contribution < 1.29 is 13.9 Å². The van der Waals surface area contributed by atoms with E-state index in [0.717, 1.165) is 35.9 Å². The zero-order chi connectivity index (χ0) is 17.8. The molecule has 0 bridgehead atoms. The van der Waals surface area contributed by atoms with Gasteiger partial charge in [0.2, 0.25) is 5.89 Å². The van der Waals surface area contributed by atoms with Gasteiger partial charge in [-0.15, -0.1) is 10.2 Å². The molecule has 0 amide bonds. The van der Waals surface area contributed by atoms with E-state index in [0.29, 0.717) is 18.4 Å². The van der Waals surface area contributed by atoms with E-state index in [-0.39, 0.29) is 5.97 Å². The van der Waals surface area contributed by atoms with Crippen molar-refractivity contribution in [3.63, 3.8) is 0 Å². The summed E-state index contributed by atoms with van der Waals surface area (Å²) in [5, 5.41) is 9.34. The summed E-state index contributed by atoms with van der Waals surface area (Å²) in [4.78, 5) is 12.3. The lowest BCUT2D eigenvalue weighted by molar-refractivity contribution is -0.146. The fraction of sp³-hybridized carbons (Fsp3) is 0.421. The molecule has 0 radical (unpaired) electrons. The maximum Gasteiger partial charge on any atom is 0.328 e. The van der Waals surface area contributed by atoms with Crippen molar-refractivity contribution in [1.29, 1.82) is 0 Å². The lowest BCUT2D eigenvalue weighted by atomic mass is 10.2. The molecule has 132 valence electrons. The third-order valence-corrected chi connectivity index (χ3v) is 4.19. The van der Waals surface area contributed by atoms with E-state index in [9.17, 15) is 4.79 Å². The van der Waals surface area contributed by atoms with Crippen LogP contribution in [0, 0.1) is 0 Å². The van der Waals surface area contributed by atoms with Crippen molar-refractivity contribution in [2.45, 2.75) is 46.1 Å². The number of hydrogen-bond donors (Lipinski definition) is 0. The smallest absolute Gasteiger partial charge is 0.328 e. The predicted octanol–water partition coefficient (Wildman–Crippen LogP) is 4.16. The zero-order valence-electron chi connectivity index (χ0n) is 14.9. The van der Waals surface area contributed by atoms with Gasteiger partial charge < -0.3 is 13.7 Å². The maximum absolute atomic E-state index is 12.3. The Morgan fingerprint density at radius 3 is 2.84 bits per heavy atom. The minimum atomic E-state index is -0.485. The van der Waals surface area contributed by atoms with Crippen molar-refractivity contribution in [1.82, 2.24) is 14.8 Å². The topological polar surface area (TPSA) is 70.2 Å². The molecule has 1 aromatic carbocycles. The molecule has 3 rings (SSSR count). The van der Waals surface area contributed by atoms with Gasteiger partial charge in [0.05, 0.1) is 6.61 Å². The highest BCUT2D eigenvalue weighted by atomic mass is 16.5. The number of unbranched alkanes of at least 4 members (excludes halogenated alkanes) is 1. The van der Waals surface area contributed by atoms with Gasteiger partial charge in [-0.25, -0.2) is 4.79 Å². The van der Waals surface area contributed by atoms with Gasteiger partial charge in [0.25, 0.3) is 5.89 Å². The summed E-state index contributed by atoms with van der Waals surface area (Å²) in [5.74, 6) is 0.770. The second-order valence-electron chi connectivity index (χ2n) is 5.99. The van der Waals surface area contributed by atoms with Gasteiger partial charge in [0, 0.05) is 17.3 Å². The minimum absolute atomic E-state index is 0.282. The standard InChI is InChI=1S/C19H23N3O3/c1-4-6-11-17-20-21-18(25-17)16-12-14-9-7-8-10-15(14)22(16)13(3)19(23)24-5-2/h7-10,12-13H,4-6,11H2,1-3H3. The number of fused-ring (bicyclic) bond motifs is 1. The van der Waals surface area contributed by atoms with Crippen molar-refractivity contribution in [2.75, 3.05) is 6.61 Å². The molecule has 0 fully saturated rings. The Labute approximate surface area is 146 Å². The van der Waals surface area contributed by atoms with Crippen LogP contribution in [0.4, 0.5) is 0 Å². The second kappa shape index (κ2) is 7.51. The lowest BCUT2D eigenvalue weighted by Crippen LogP contribution is -2.19. The number of para-hydroxylation sites is 1. The molecule has 2 aromatic heterocycles. The normalized spacial score (nSPS) is 12.4. The molecule has 0 aliphatic heterocycles. The van der Waals surface area contributed by atoms with Crippen molar-refractivity contribution in [3.05, 3.63) is 36.2 Å². The highest BCUT2D eigenvalue weighted by Gasteiger charge is 2.24. The Hall–Kier alpha value is -2.63. The van der Waals surface area contributed by atoms with Crippen LogP contribution in [0.5, 0.6) is 0 Å². The van der Waals surface area contributed by atoms with E-state index in [1.807, 2.05) is 41.8 Å². The molecular weight excluding hydrogens is 318 g/mol. The van der Waals surface area contributed by atoms with Crippen LogP contribution < -0.4 is 0 Å². The molecule has 0 spiro atoms. The number of carbonyl (C=O) groups excluding carboxylic acids is 1. The molecule has 1 atom stereocenters. The number of nitrogens with zero attached hydrogens (tertiary/aromatic N) is 3. The summed E-state index contributed by atoms with van der Waals surface area (Å²) >= 11 is 0. The Bertz CT molecular complexity index is 866. The first-order valence-corrected chi connectivity index (χ1v) is 8.75. The molecule has 0 N–H and O–H groups in total. The van der Waals surface area contributed by atoms with Crippen LogP contribution in [0.15, 0.2) is 34.7 Å². The van der Waals surface area contributed by atoms with Crippen LogP contribution in [0.1, 0.15) is 45.5 Å². The van der Waals surface area contributed by atoms with Gasteiger partial charge in [0.15, 0.2) is 0 Å². The quantitative estimate of drug-likeness (QED) is 0.604. The number of rotatable bonds is 7. The highest BCUT2D eigenvalue weighted by Crippen LogP contribution is 2.31. The number of hydrogen-bond acceptors (Lipinski definition) is 5. The summed E-state index contributed by atoms with van der Waals surface area (Å²) in [6.45, 7) is 6.09. The van der Waals surface area contributed by atoms with Crippen LogP contribution in [0.3, 0.4) is 0 Å². The highest BCUT2D eigenvalue weighted by molar-refractivity contribution is 5.88. The predicted molar refractivity (Wildman–Crippen MR) is 95.2 cm³/mol. The van der Waals surface area contributed by atoms with E-state index in [1.165, 1.54) is 0 Å². The summed E-state index contributed by atoms with van der Waals surface area (Å²) in [6.07, 6.45) is 2.83. The van der Waals surface area contributed by atoms with E-state index >= 15 is 0 Å². The maximum atomic E-state index is 12.3. The van der Waals surface area contributed by atoms with Gasteiger partial charge in [0.1, 0.15) is 11.7 Å². The van der Waals surface area contributed by atoms with Crippen LogP contribution in [-0.4, -0.2) is 27.3 Å². The number of carbonyl (C=O) groups is 1.